The van der Waals surface area contributed by atoms with E-state index in [9.17, 15) is 0 Å². The largest absolute Gasteiger partial charge is 0.369 e. The molecule has 2 heterocycles. The van der Waals surface area contributed by atoms with Crippen molar-refractivity contribution in [2.45, 2.75) is 12.5 Å². The van der Waals surface area contributed by atoms with E-state index in [0.717, 1.165) is 12.4 Å². The molecular weight excluding hydrogens is 160 g/mol. The highest BCUT2D eigenvalue weighted by molar-refractivity contribution is 8.14. The highest BCUT2D eigenvalue weighted by Gasteiger charge is 2.40. The van der Waals surface area contributed by atoms with Crippen LogP contribution in [0.1, 0.15) is 6.92 Å². The number of nitrogens with zero attached hydrogens (tertiary/aromatic N) is 2. The summed E-state index contributed by atoms with van der Waals surface area (Å²) >= 11 is 0. The molecule has 0 aromatic rings. The fourth-order valence-corrected chi connectivity index (χ4v) is 2.62. The van der Waals surface area contributed by atoms with E-state index in [1.54, 1.807) is 0 Å². The van der Waals surface area contributed by atoms with Crippen molar-refractivity contribution in [1.29, 1.82) is 0 Å². The molecular formula is C7H12N2OS. The molecule has 0 saturated carbocycles. The minimum atomic E-state index is 0.154. The molecule has 0 bridgehead atoms. The molecule has 4 heteroatoms. The van der Waals surface area contributed by atoms with Crippen molar-refractivity contribution in [3.05, 3.63) is 0 Å². The molecule has 3 nitrogen and oxygen atoms in total. The van der Waals surface area contributed by atoms with Gasteiger partial charge in [-0.3, -0.25) is 0 Å². The van der Waals surface area contributed by atoms with E-state index in [0.29, 0.717) is 0 Å². The van der Waals surface area contributed by atoms with Crippen molar-refractivity contribution >= 4 is 22.3 Å². The Hall–Kier alpha value is -0.350. The Morgan fingerprint density at radius 2 is 2.55 bits per heavy atom. The Bertz CT molecular complexity index is 233. The molecule has 0 radical (unpaired) electrons. The van der Waals surface area contributed by atoms with Gasteiger partial charge in [0.15, 0.2) is 0 Å². The minimum absolute atomic E-state index is 0.154. The third-order valence-electron chi connectivity index (χ3n) is 1.88. The number of epoxide rings is 1. The molecule has 2 rings (SSSR count). The molecule has 1 fully saturated rings. The molecule has 2 atom stereocenters. The first kappa shape index (κ1) is 7.31. The van der Waals surface area contributed by atoms with Gasteiger partial charge in [-0.2, -0.15) is 5.10 Å². The van der Waals surface area contributed by atoms with E-state index in [2.05, 4.69) is 17.4 Å². The number of ether oxygens (including phenoxy) is 1. The van der Waals surface area contributed by atoms with Crippen molar-refractivity contribution in [1.82, 2.24) is 4.41 Å². The van der Waals surface area contributed by atoms with Crippen LogP contribution in [0.25, 0.3) is 0 Å². The van der Waals surface area contributed by atoms with E-state index < -0.39 is 0 Å². The summed E-state index contributed by atoms with van der Waals surface area (Å²) in [7, 11) is 2.19. The summed E-state index contributed by atoms with van der Waals surface area (Å²) in [5, 5.41) is 6.28. The molecule has 0 aliphatic carbocycles. The topological polar surface area (TPSA) is 28.1 Å². The average Bonchev–Trinajstić information content (AvgIpc) is 2.54. The normalized spacial score (nSPS) is 40.9. The summed E-state index contributed by atoms with van der Waals surface area (Å²) < 4.78 is 7.32. The predicted molar refractivity (Wildman–Crippen MR) is 49.1 cm³/mol. The van der Waals surface area contributed by atoms with Crippen molar-refractivity contribution in [2.24, 2.45) is 5.10 Å². The second-order valence-corrected chi connectivity index (χ2v) is 5.04. The lowest BCUT2D eigenvalue weighted by atomic mass is 10.3. The van der Waals surface area contributed by atoms with E-state index in [1.807, 2.05) is 17.7 Å². The molecule has 0 amide bonds. The van der Waals surface area contributed by atoms with Gasteiger partial charge in [-0.05, 0) is 6.92 Å². The van der Waals surface area contributed by atoms with Gasteiger partial charge in [0.05, 0.1) is 18.4 Å². The SMILES string of the molecule is CN1N=CC=S1CC1(C)CO1. The molecule has 0 spiro atoms. The van der Waals surface area contributed by atoms with Gasteiger partial charge >= 0.3 is 0 Å². The number of hydrogen-bond acceptors (Lipinski definition) is 3. The van der Waals surface area contributed by atoms with Gasteiger partial charge in [0.2, 0.25) is 0 Å². The summed E-state index contributed by atoms with van der Waals surface area (Å²) in [4.78, 5) is 0. The number of hydrogen-bond donors (Lipinski definition) is 0. The third kappa shape index (κ3) is 1.46. The highest BCUT2D eigenvalue weighted by atomic mass is 32.2. The number of rotatable bonds is 2. The van der Waals surface area contributed by atoms with Gasteiger partial charge in [-0.25, -0.2) is 4.41 Å². The summed E-state index contributed by atoms with van der Waals surface area (Å²) in [5.74, 6) is 1.09. The number of hydrazone groups is 1. The Morgan fingerprint density at radius 3 is 3.00 bits per heavy atom. The minimum Gasteiger partial charge on any atom is -0.369 e. The quantitative estimate of drug-likeness (QED) is 0.453. The maximum Gasteiger partial charge on any atom is 0.0990 e. The Balaban J connectivity index is 1.97. The van der Waals surface area contributed by atoms with Gasteiger partial charge in [0.1, 0.15) is 0 Å². The van der Waals surface area contributed by atoms with Crippen LogP contribution in [-0.2, 0) is 4.74 Å². The molecule has 0 aromatic carbocycles. The Labute approximate surface area is 69.1 Å². The molecule has 0 N–H and O–H groups in total. The fraction of sp³-hybridized carbons (Fsp3) is 0.714. The maximum atomic E-state index is 5.31. The Morgan fingerprint density at radius 1 is 1.82 bits per heavy atom. The molecule has 62 valence electrons. The standard InChI is InChI=1S/C7H12N2OS/c1-7(5-10-7)6-11-4-3-8-9(11)2/h3-4H,5-6H2,1-2H3. The van der Waals surface area contributed by atoms with Crippen LogP contribution < -0.4 is 0 Å². The molecule has 11 heavy (non-hydrogen) atoms. The second kappa shape index (κ2) is 2.32. The van der Waals surface area contributed by atoms with E-state index in [1.165, 1.54) is 0 Å². The zero-order valence-electron chi connectivity index (χ0n) is 6.78. The first-order valence-electron chi connectivity index (χ1n) is 3.65. The van der Waals surface area contributed by atoms with Crippen molar-refractivity contribution in [3.63, 3.8) is 0 Å². The molecule has 2 aliphatic heterocycles. The van der Waals surface area contributed by atoms with Crippen LogP contribution in [0.15, 0.2) is 5.10 Å². The fourth-order valence-electron chi connectivity index (χ4n) is 1.00. The Kier molecular flexibility index (Phi) is 1.54. The van der Waals surface area contributed by atoms with Gasteiger partial charge in [0, 0.05) is 18.2 Å². The summed E-state index contributed by atoms with van der Waals surface area (Å²) in [6.07, 6.45) is 1.87. The average molecular weight is 172 g/mol. The summed E-state index contributed by atoms with van der Waals surface area (Å²) in [6, 6.07) is 0. The zero-order valence-corrected chi connectivity index (χ0v) is 7.60. The van der Waals surface area contributed by atoms with Crippen molar-refractivity contribution in [3.8, 4) is 0 Å². The smallest absolute Gasteiger partial charge is 0.0990 e. The van der Waals surface area contributed by atoms with Gasteiger partial charge in [0.25, 0.3) is 0 Å². The maximum absolute atomic E-state index is 5.31. The van der Waals surface area contributed by atoms with Crippen LogP contribution in [0.3, 0.4) is 0 Å². The second-order valence-electron chi connectivity index (χ2n) is 3.15. The summed E-state index contributed by atoms with van der Waals surface area (Å²) in [6.45, 7) is 3.07. The van der Waals surface area contributed by atoms with Crippen molar-refractivity contribution in [2.75, 3.05) is 19.4 Å². The van der Waals surface area contributed by atoms with E-state index >= 15 is 0 Å². The first-order chi connectivity index (χ1) is 5.20. The van der Waals surface area contributed by atoms with Gasteiger partial charge in [-0.1, -0.05) is 10.7 Å². The monoisotopic (exact) mass is 172 g/mol. The molecule has 2 unspecified atom stereocenters. The zero-order chi connectivity index (χ0) is 7.90. The third-order valence-corrected chi connectivity index (χ3v) is 3.99. The van der Waals surface area contributed by atoms with Crippen LogP contribution in [0.4, 0.5) is 0 Å². The lowest BCUT2D eigenvalue weighted by molar-refractivity contribution is 0.347. The summed E-state index contributed by atoms with van der Waals surface area (Å²) in [5.41, 5.74) is 0.154. The van der Waals surface area contributed by atoms with Crippen LogP contribution in [0.2, 0.25) is 0 Å². The molecule has 1 saturated heterocycles. The van der Waals surface area contributed by atoms with E-state index in [4.69, 9.17) is 4.74 Å². The molecule has 2 aliphatic rings. The van der Waals surface area contributed by atoms with Crippen molar-refractivity contribution < 1.29 is 4.74 Å². The first-order valence-corrected chi connectivity index (χ1v) is 5.06. The van der Waals surface area contributed by atoms with Gasteiger partial charge < -0.3 is 4.74 Å². The highest BCUT2D eigenvalue weighted by Crippen LogP contribution is 2.35. The van der Waals surface area contributed by atoms with Crippen LogP contribution in [0, 0.1) is 0 Å². The van der Waals surface area contributed by atoms with Crippen LogP contribution in [0.5, 0.6) is 0 Å². The molecule has 0 aromatic heterocycles. The predicted octanol–water partition coefficient (Wildman–Crippen LogP) is 0.693. The van der Waals surface area contributed by atoms with Crippen LogP contribution in [-0.4, -0.2) is 41.0 Å². The van der Waals surface area contributed by atoms with E-state index in [-0.39, 0.29) is 16.3 Å². The lowest BCUT2D eigenvalue weighted by Gasteiger charge is -2.15. The lowest BCUT2D eigenvalue weighted by Crippen LogP contribution is -2.14. The van der Waals surface area contributed by atoms with Gasteiger partial charge in [-0.15, -0.1) is 0 Å². The van der Waals surface area contributed by atoms with Crippen LogP contribution >= 0.6 is 10.7 Å².